The molecule has 0 aliphatic heterocycles. The van der Waals surface area contributed by atoms with Gasteiger partial charge in [0.15, 0.2) is 0 Å². The fourth-order valence-electron chi connectivity index (χ4n) is 4.27. The van der Waals surface area contributed by atoms with Crippen LogP contribution in [0.25, 0.3) is 16.9 Å². The molecule has 0 spiro atoms. The molecule has 0 unspecified atom stereocenters. The minimum absolute atomic E-state index is 0.0873. The predicted octanol–water partition coefficient (Wildman–Crippen LogP) is 4.24. The molecule has 5 rings (SSSR count). The Morgan fingerprint density at radius 1 is 1.07 bits per heavy atom. The van der Waals surface area contributed by atoms with Gasteiger partial charge >= 0.3 is 0 Å². The van der Waals surface area contributed by atoms with Crippen LogP contribution in [0.2, 0.25) is 0 Å². The molecule has 1 N–H and O–H groups in total. The van der Waals surface area contributed by atoms with E-state index >= 15 is 0 Å². The van der Waals surface area contributed by atoms with E-state index in [1.54, 1.807) is 12.4 Å². The standard InChI is InChI=1S/C23H23N5O/c29-23(25-16-17-6-5-11-24-15-17)19-14-22(27-13-4-3-9-20(19)27)21-10-12-26-28(21)18-7-1-2-8-18/h3-6,9-15,18H,1-2,7-8,16H2,(H,25,29). The Bertz CT molecular complexity index is 1140. The summed E-state index contributed by atoms with van der Waals surface area (Å²) in [4.78, 5) is 17.1. The van der Waals surface area contributed by atoms with Crippen LogP contribution >= 0.6 is 0 Å². The first kappa shape index (κ1) is 17.7. The van der Waals surface area contributed by atoms with Crippen LogP contribution < -0.4 is 5.32 Å². The van der Waals surface area contributed by atoms with E-state index < -0.39 is 0 Å². The molecule has 1 fully saturated rings. The van der Waals surface area contributed by atoms with Crippen LogP contribution in [0.1, 0.15) is 47.6 Å². The van der Waals surface area contributed by atoms with Gasteiger partial charge in [-0.25, -0.2) is 0 Å². The number of amides is 1. The maximum atomic E-state index is 13.0. The monoisotopic (exact) mass is 385 g/mol. The number of hydrogen-bond acceptors (Lipinski definition) is 3. The average molecular weight is 385 g/mol. The number of nitrogens with one attached hydrogen (secondary N) is 1. The van der Waals surface area contributed by atoms with Crippen LogP contribution in [-0.4, -0.2) is 25.1 Å². The van der Waals surface area contributed by atoms with Crippen molar-refractivity contribution in [2.24, 2.45) is 0 Å². The lowest BCUT2D eigenvalue weighted by Gasteiger charge is -2.14. The van der Waals surface area contributed by atoms with Gasteiger partial charge in [0.05, 0.1) is 28.5 Å². The van der Waals surface area contributed by atoms with Gasteiger partial charge in [0.1, 0.15) is 0 Å². The first-order chi connectivity index (χ1) is 14.3. The van der Waals surface area contributed by atoms with Gasteiger partial charge in [0, 0.05) is 31.3 Å². The Labute approximate surface area is 169 Å². The Balaban J connectivity index is 1.50. The Kier molecular flexibility index (Phi) is 4.60. The molecule has 0 aromatic carbocycles. The first-order valence-corrected chi connectivity index (χ1v) is 10.1. The van der Waals surface area contributed by atoms with Gasteiger partial charge in [-0.3, -0.25) is 14.5 Å². The van der Waals surface area contributed by atoms with Crippen molar-refractivity contribution < 1.29 is 4.79 Å². The molecular formula is C23H23N5O. The molecule has 1 aliphatic carbocycles. The Morgan fingerprint density at radius 2 is 1.97 bits per heavy atom. The largest absolute Gasteiger partial charge is 0.348 e. The molecule has 1 amide bonds. The van der Waals surface area contributed by atoms with Crippen molar-refractivity contribution in [1.29, 1.82) is 0 Å². The number of carbonyl (C=O) groups is 1. The first-order valence-electron chi connectivity index (χ1n) is 10.1. The molecule has 0 atom stereocenters. The van der Waals surface area contributed by atoms with Crippen molar-refractivity contribution in [3.63, 3.8) is 0 Å². The summed E-state index contributed by atoms with van der Waals surface area (Å²) < 4.78 is 4.22. The SMILES string of the molecule is O=C(NCc1cccnc1)c1cc(-c2ccnn2C2CCCC2)n2ccccc12. The number of fused-ring (bicyclic) bond motifs is 1. The van der Waals surface area contributed by atoms with Crippen LogP contribution in [0.5, 0.6) is 0 Å². The topological polar surface area (TPSA) is 64.2 Å². The van der Waals surface area contributed by atoms with Crippen LogP contribution in [0.15, 0.2) is 67.3 Å². The minimum atomic E-state index is -0.0873. The minimum Gasteiger partial charge on any atom is -0.348 e. The molecule has 6 nitrogen and oxygen atoms in total. The third-order valence-electron chi connectivity index (χ3n) is 5.70. The number of rotatable bonds is 5. The van der Waals surface area contributed by atoms with E-state index in [-0.39, 0.29) is 5.91 Å². The lowest BCUT2D eigenvalue weighted by Crippen LogP contribution is -2.22. The highest BCUT2D eigenvalue weighted by molar-refractivity contribution is 6.02. The van der Waals surface area contributed by atoms with Gasteiger partial charge in [-0.1, -0.05) is 25.0 Å². The van der Waals surface area contributed by atoms with E-state index in [4.69, 9.17) is 0 Å². The summed E-state index contributed by atoms with van der Waals surface area (Å²) in [5, 5.41) is 7.63. The van der Waals surface area contributed by atoms with Crippen LogP contribution in [0.4, 0.5) is 0 Å². The summed E-state index contributed by atoms with van der Waals surface area (Å²) in [6, 6.07) is 14.2. The third-order valence-corrected chi connectivity index (χ3v) is 5.70. The number of aromatic nitrogens is 4. The molecule has 0 saturated heterocycles. The number of carbonyl (C=O) groups excluding carboxylic acids is 1. The fourth-order valence-corrected chi connectivity index (χ4v) is 4.27. The van der Waals surface area contributed by atoms with E-state index in [1.165, 1.54) is 12.8 Å². The third kappa shape index (κ3) is 3.31. The number of nitrogens with zero attached hydrogens (tertiary/aromatic N) is 4. The van der Waals surface area contributed by atoms with Crippen molar-refractivity contribution in [3.8, 4) is 11.4 Å². The smallest absolute Gasteiger partial charge is 0.253 e. The predicted molar refractivity (Wildman–Crippen MR) is 112 cm³/mol. The molecule has 0 radical (unpaired) electrons. The lowest BCUT2D eigenvalue weighted by molar-refractivity contribution is 0.0952. The molecular weight excluding hydrogens is 362 g/mol. The second-order valence-electron chi connectivity index (χ2n) is 7.54. The van der Waals surface area contributed by atoms with Crippen LogP contribution in [0, 0.1) is 0 Å². The van der Waals surface area contributed by atoms with Crippen molar-refractivity contribution in [3.05, 3.63) is 78.4 Å². The second-order valence-corrected chi connectivity index (χ2v) is 7.54. The molecule has 4 aromatic rings. The van der Waals surface area contributed by atoms with E-state index in [1.807, 2.05) is 54.9 Å². The number of hydrogen-bond donors (Lipinski definition) is 1. The lowest BCUT2D eigenvalue weighted by atomic mass is 10.2. The summed E-state index contributed by atoms with van der Waals surface area (Å²) in [7, 11) is 0. The highest BCUT2D eigenvalue weighted by Gasteiger charge is 2.23. The zero-order valence-corrected chi connectivity index (χ0v) is 16.2. The van der Waals surface area contributed by atoms with Gasteiger partial charge in [-0.15, -0.1) is 0 Å². The molecule has 6 heteroatoms. The quantitative estimate of drug-likeness (QED) is 0.559. The van der Waals surface area contributed by atoms with Crippen molar-refractivity contribution in [2.45, 2.75) is 38.3 Å². The summed E-state index contributed by atoms with van der Waals surface area (Å²) in [5.74, 6) is -0.0873. The highest BCUT2D eigenvalue weighted by Crippen LogP contribution is 2.34. The van der Waals surface area contributed by atoms with Gasteiger partial charge in [-0.2, -0.15) is 5.10 Å². The zero-order chi connectivity index (χ0) is 19.6. The average Bonchev–Trinajstić information content (AvgIpc) is 3.51. The van der Waals surface area contributed by atoms with Crippen LogP contribution in [0.3, 0.4) is 0 Å². The highest BCUT2D eigenvalue weighted by atomic mass is 16.1. The van der Waals surface area contributed by atoms with E-state index in [0.717, 1.165) is 35.3 Å². The molecule has 4 heterocycles. The molecule has 0 bridgehead atoms. The summed E-state index contributed by atoms with van der Waals surface area (Å²) in [5.41, 5.74) is 4.60. The van der Waals surface area contributed by atoms with Crippen molar-refractivity contribution >= 4 is 11.4 Å². The van der Waals surface area contributed by atoms with E-state index in [9.17, 15) is 4.79 Å². The summed E-state index contributed by atoms with van der Waals surface area (Å²) in [6.45, 7) is 0.451. The van der Waals surface area contributed by atoms with E-state index in [0.29, 0.717) is 18.2 Å². The summed E-state index contributed by atoms with van der Waals surface area (Å²) >= 11 is 0. The number of pyridine rings is 2. The van der Waals surface area contributed by atoms with E-state index in [2.05, 4.69) is 24.5 Å². The van der Waals surface area contributed by atoms with Gasteiger partial charge in [0.25, 0.3) is 5.91 Å². The van der Waals surface area contributed by atoms with Gasteiger partial charge < -0.3 is 9.72 Å². The Morgan fingerprint density at radius 3 is 2.79 bits per heavy atom. The van der Waals surface area contributed by atoms with Crippen LogP contribution in [-0.2, 0) is 6.54 Å². The Hall–Kier alpha value is -3.41. The fraction of sp³-hybridized carbons (Fsp3) is 0.261. The zero-order valence-electron chi connectivity index (χ0n) is 16.2. The maximum Gasteiger partial charge on any atom is 0.253 e. The van der Waals surface area contributed by atoms with Crippen molar-refractivity contribution in [2.75, 3.05) is 0 Å². The van der Waals surface area contributed by atoms with Gasteiger partial charge in [0.2, 0.25) is 0 Å². The summed E-state index contributed by atoms with van der Waals surface area (Å²) in [6.07, 6.45) is 12.2. The molecule has 29 heavy (non-hydrogen) atoms. The molecule has 146 valence electrons. The van der Waals surface area contributed by atoms with Crippen molar-refractivity contribution in [1.82, 2.24) is 24.5 Å². The molecule has 1 aliphatic rings. The molecule has 4 aromatic heterocycles. The maximum absolute atomic E-state index is 13.0. The normalized spacial score (nSPS) is 14.5. The second kappa shape index (κ2) is 7.54. The molecule has 1 saturated carbocycles. The van der Waals surface area contributed by atoms with Gasteiger partial charge in [-0.05, 0) is 48.7 Å².